The largest absolute Gasteiger partial charge is 0.0617 e. The first-order chi connectivity index (χ1) is 15.0. The molecule has 0 bridgehead atoms. The van der Waals surface area contributed by atoms with Crippen LogP contribution in [0.5, 0.6) is 0 Å². The van der Waals surface area contributed by atoms with E-state index in [2.05, 4.69) is 113 Å². The lowest BCUT2D eigenvalue weighted by atomic mass is 9.95. The van der Waals surface area contributed by atoms with Crippen molar-refractivity contribution in [1.29, 1.82) is 0 Å². The molecule has 0 nitrogen and oxygen atoms in total. The fourth-order valence-electron chi connectivity index (χ4n) is 4.23. The molecule has 4 aromatic rings. The Morgan fingerprint density at radius 3 is 1.06 bits per heavy atom. The molecule has 0 spiro atoms. The van der Waals surface area contributed by atoms with Crippen LogP contribution in [0.2, 0.25) is 0 Å². The maximum Gasteiger partial charge on any atom is -0.00230 e. The van der Waals surface area contributed by atoms with E-state index in [1.54, 1.807) is 0 Å². The molecule has 0 aliphatic heterocycles. The molecule has 0 N–H and O–H groups in total. The van der Waals surface area contributed by atoms with E-state index in [0.717, 1.165) is 19.3 Å². The van der Waals surface area contributed by atoms with E-state index in [4.69, 9.17) is 0 Å². The van der Waals surface area contributed by atoms with Crippen LogP contribution in [0, 0.1) is 27.7 Å². The van der Waals surface area contributed by atoms with Crippen molar-refractivity contribution in [3.05, 3.63) is 141 Å². The van der Waals surface area contributed by atoms with Crippen molar-refractivity contribution in [2.24, 2.45) is 0 Å². The summed E-state index contributed by atoms with van der Waals surface area (Å²) in [5.41, 5.74) is 13.9. The summed E-state index contributed by atoms with van der Waals surface area (Å²) in [7, 11) is 0. The van der Waals surface area contributed by atoms with Crippen LogP contribution in [0.3, 0.4) is 0 Å². The third kappa shape index (κ3) is 5.14. The highest BCUT2D eigenvalue weighted by atomic mass is 14.1. The summed E-state index contributed by atoms with van der Waals surface area (Å²) in [5.74, 6) is 0. The zero-order valence-corrected chi connectivity index (χ0v) is 19.2. The normalized spacial score (nSPS) is 11.0. The van der Waals surface area contributed by atoms with Gasteiger partial charge in [0.2, 0.25) is 0 Å². The van der Waals surface area contributed by atoms with Crippen molar-refractivity contribution < 1.29 is 0 Å². The Balaban J connectivity index is 1.40. The number of hydrogen-bond acceptors (Lipinski definition) is 0. The van der Waals surface area contributed by atoms with Gasteiger partial charge >= 0.3 is 0 Å². The second-order valence-electron chi connectivity index (χ2n) is 8.88. The molecule has 0 radical (unpaired) electrons. The van der Waals surface area contributed by atoms with Crippen LogP contribution in [-0.2, 0) is 19.3 Å². The highest BCUT2D eigenvalue weighted by Crippen LogP contribution is 2.20. The fraction of sp³-hybridized carbons (Fsp3) is 0.226. The van der Waals surface area contributed by atoms with Gasteiger partial charge in [-0.25, -0.2) is 0 Å². The highest BCUT2D eigenvalue weighted by Gasteiger charge is 2.05. The number of benzene rings is 4. The minimum absolute atomic E-state index is 0.980. The fourth-order valence-corrected chi connectivity index (χ4v) is 4.23. The van der Waals surface area contributed by atoms with Gasteiger partial charge in [0, 0.05) is 0 Å². The van der Waals surface area contributed by atoms with Gasteiger partial charge in [0.15, 0.2) is 0 Å². The van der Waals surface area contributed by atoms with Gasteiger partial charge in [0.1, 0.15) is 0 Å². The number of rotatable bonds is 6. The summed E-state index contributed by atoms with van der Waals surface area (Å²) in [6, 6.07) is 31.5. The molecular weight excluding hydrogens is 372 g/mol. The van der Waals surface area contributed by atoms with Gasteiger partial charge in [0.25, 0.3) is 0 Å². The first-order valence-corrected chi connectivity index (χ1v) is 11.3. The van der Waals surface area contributed by atoms with Crippen LogP contribution < -0.4 is 0 Å². The van der Waals surface area contributed by atoms with Crippen molar-refractivity contribution in [3.8, 4) is 0 Å². The Bertz CT molecular complexity index is 1070. The van der Waals surface area contributed by atoms with Crippen molar-refractivity contribution in [3.63, 3.8) is 0 Å². The zero-order chi connectivity index (χ0) is 21.8. The number of hydrogen-bond donors (Lipinski definition) is 0. The molecule has 0 aliphatic carbocycles. The predicted molar refractivity (Wildman–Crippen MR) is 133 cm³/mol. The highest BCUT2D eigenvalue weighted by molar-refractivity contribution is 5.40. The Labute approximate surface area is 187 Å². The van der Waals surface area contributed by atoms with Crippen molar-refractivity contribution in [1.82, 2.24) is 0 Å². The molecule has 0 heteroatoms. The molecule has 0 unspecified atom stereocenters. The van der Waals surface area contributed by atoms with Crippen molar-refractivity contribution in [2.75, 3.05) is 0 Å². The minimum Gasteiger partial charge on any atom is -0.0617 e. The molecule has 0 saturated carbocycles. The SMILES string of the molecule is Cc1cccc(Cc2ccc(Cc3ccc(Cc4cccc(C)c4C)cc3)cc2)c1C. The predicted octanol–water partition coefficient (Wildman–Crippen LogP) is 7.69. The summed E-state index contributed by atoms with van der Waals surface area (Å²) in [4.78, 5) is 0. The third-order valence-corrected chi connectivity index (χ3v) is 6.68. The molecule has 0 aliphatic rings. The molecule has 31 heavy (non-hydrogen) atoms. The van der Waals surface area contributed by atoms with E-state index in [1.807, 2.05) is 0 Å². The zero-order valence-electron chi connectivity index (χ0n) is 19.2. The van der Waals surface area contributed by atoms with Gasteiger partial charge in [-0.3, -0.25) is 0 Å². The molecule has 0 aromatic heterocycles. The maximum absolute atomic E-state index is 2.28. The molecule has 4 rings (SSSR count). The van der Waals surface area contributed by atoms with Gasteiger partial charge in [-0.15, -0.1) is 0 Å². The monoisotopic (exact) mass is 404 g/mol. The lowest BCUT2D eigenvalue weighted by Gasteiger charge is -2.10. The number of aryl methyl sites for hydroxylation is 2. The first-order valence-electron chi connectivity index (χ1n) is 11.3. The lowest BCUT2D eigenvalue weighted by Crippen LogP contribution is -1.96. The molecule has 0 atom stereocenters. The second-order valence-corrected chi connectivity index (χ2v) is 8.88. The third-order valence-electron chi connectivity index (χ3n) is 6.68. The van der Waals surface area contributed by atoms with Crippen molar-refractivity contribution in [2.45, 2.75) is 47.0 Å². The van der Waals surface area contributed by atoms with Gasteiger partial charge in [-0.2, -0.15) is 0 Å². The summed E-state index contributed by atoms with van der Waals surface area (Å²) in [5, 5.41) is 0. The van der Waals surface area contributed by atoms with Gasteiger partial charge in [-0.05, 0) is 103 Å². The molecule has 0 fully saturated rings. The van der Waals surface area contributed by atoms with Crippen LogP contribution in [-0.4, -0.2) is 0 Å². The molecular formula is C31H32. The van der Waals surface area contributed by atoms with Crippen LogP contribution >= 0.6 is 0 Å². The smallest absolute Gasteiger partial charge is 0.00230 e. The summed E-state index contributed by atoms with van der Waals surface area (Å²) < 4.78 is 0. The average molecular weight is 405 g/mol. The van der Waals surface area contributed by atoms with E-state index >= 15 is 0 Å². The quantitative estimate of drug-likeness (QED) is 0.309. The standard InChI is InChI=1S/C31H32/c1-22-7-5-9-30(24(22)3)20-28-15-11-26(12-16-28)19-27-13-17-29(18-14-27)21-31-10-6-8-23(2)25(31)4/h5-18H,19-21H2,1-4H3. The molecule has 0 saturated heterocycles. The van der Waals surface area contributed by atoms with Gasteiger partial charge < -0.3 is 0 Å². The molecule has 156 valence electrons. The van der Waals surface area contributed by atoms with Gasteiger partial charge in [0.05, 0.1) is 0 Å². The van der Waals surface area contributed by atoms with Crippen LogP contribution in [0.4, 0.5) is 0 Å². The van der Waals surface area contributed by atoms with E-state index in [-0.39, 0.29) is 0 Å². The van der Waals surface area contributed by atoms with Crippen LogP contribution in [0.15, 0.2) is 84.9 Å². The van der Waals surface area contributed by atoms with Crippen molar-refractivity contribution >= 4 is 0 Å². The topological polar surface area (TPSA) is 0 Å². The van der Waals surface area contributed by atoms with Gasteiger partial charge in [-0.1, -0.05) is 84.9 Å². The Morgan fingerprint density at radius 2 is 0.710 bits per heavy atom. The molecule has 0 heterocycles. The summed E-state index contributed by atoms with van der Waals surface area (Å²) >= 11 is 0. The van der Waals surface area contributed by atoms with E-state index in [0.29, 0.717) is 0 Å². The Hall–Kier alpha value is -3.12. The summed E-state index contributed by atoms with van der Waals surface area (Å²) in [6.45, 7) is 8.83. The van der Waals surface area contributed by atoms with E-state index < -0.39 is 0 Å². The minimum atomic E-state index is 0.980. The Kier molecular flexibility index (Phi) is 6.37. The van der Waals surface area contributed by atoms with E-state index in [1.165, 1.54) is 55.6 Å². The molecule has 4 aromatic carbocycles. The van der Waals surface area contributed by atoms with Crippen LogP contribution in [0.25, 0.3) is 0 Å². The average Bonchev–Trinajstić information content (AvgIpc) is 2.77. The second kappa shape index (κ2) is 9.35. The van der Waals surface area contributed by atoms with Crippen LogP contribution in [0.1, 0.15) is 55.6 Å². The van der Waals surface area contributed by atoms with E-state index in [9.17, 15) is 0 Å². The summed E-state index contributed by atoms with van der Waals surface area (Å²) in [6.07, 6.45) is 2.98. The first kappa shape index (κ1) is 21.1. The lowest BCUT2D eigenvalue weighted by molar-refractivity contribution is 1.11. The Morgan fingerprint density at radius 1 is 0.387 bits per heavy atom. The molecule has 0 amide bonds. The maximum atomic E-state index is 2.28.